The number of amides is 1. The Labute approximate surface area is 117 Å². The van der Waals surface area contributed by atoms with Crippen LogP contribution in [0.15, 0.2) is 0 Å². The molecule has 0 aromatic rings. The van der Waals surface area contributed by atoms with Crippen LogP contribution in [0, 0.1) is 5.92 Å². The highest BCUT2D eigenvalue weighted by Crippen LogP contribution is 2.26. The van der Waals surface area contributed by atoms with E-state index in [0.29, 0.717) is 18.5 Å². The lowest BCUT2D eigenvalue weighted by Gasteiger charge is -2.34. The van der Waals surface area contributed by atoms with Gasteiger partial charge in [-0.25, -0.2) is 0 Å². The summed E-state index contributed by atoms with van der Waals surface area (Å²) in [5, 5.41) is 3.35. The highest BCUT2D eigenvalue weighted by atomic mass is 16.2. The predicted molar refractivity (Wildman–Crippen MR) is 78.1 cm³/mol. The maximum atomic E-state index is 12.3. The van der Waals surface area contributed by atoms with E-state index < -0.39 is 0 Å². The number of rotatable bonds is 3. The standard InChI is InChI=1S/C15H29N3O/c1-13-5-3-6-14(11-13)17(2)12-15(19)18-9-4-7-16-8-10-18/h13-14,16H,3-12H2,1-2H3. The maximum Gasteiger partial charge on any atom is 0.236 e. The van der Waals surface area contributed by atoms with Crippen molar-refractivity contribution in [3.63, 3.8) is 0 Å². The Morgan fingerprint density at radius 1 is 1.26 bits per heavy atom. The Bertz CT molecular complexity index is 287. The average molecular weight is 267 g/mol. The predicted octanol–water partition coefficient (Wildman–Crippen LogP) is 1.32. The number of carbonyl (C=O) groups excluding carboxylic acids is 1. The van der Waals surface area contributed by atoms with Crippen molar-refractivity contribution in [2.24, 2.45) is 5.92 Å². The second-order valence-electron chi connectivity index (χ2n) is 6.33. The molecule has 2 atom stereocenters. The number of hydrogen-bond acceptors (Lipinski definition) is 3. The number of hydrogen-bond donors (Lipinski definition) is 1. The molecule has 0 aromatic carbocycles. The first kappa shape index (κ1) is 14.8. The van der Waals surface area contributed by atoms with E-state index in [1.807, 2.05) is 4.90 Å². The van der Waals surface area contributed by atoms with Crippen LogP contribution in [-0.2, 0) is 4.79 Å². The fraction of sp³-hybridized carbons (Fsp3) is 0.933. The second kappa shape index (κ2) is 7.25. The van der Waals surface area contributed by atoms with E-state index in [-0.39, 0.29) is 0 Å². The molecule has 4 nitrogen and oxygen atoms in total. The van der Waals surface area contributed by atoms with Gasteiger partial charge in [0.1, 0.15) is 0 Å². The van der Waals surface area contributed by atoms with Gasteiger partial charge in [-0.3, -0.25) is 9.69 Å². The van der Waals surface area contributed by atoms with Crippen molar-refractivity contribution in [3.8, 4) is 0 Å². The summed E-state index contributed by atoms with van der Waals surface area (Å²) >= 11 is 0. The molecule has 0 aromatic heterocycles. The van der Waals surface area contributed by atoms with E-state index in [9.17, 15) is 4.79 Å². The maximum absolute atomic E-state index is 12.3. The second-order valence-corrected chi connectivity index (χ2v) is 6.33. The van der Waals surface area contributed by atoms with Gasteiger partial charge >= 0.3 is 0 Å². The van der Waals surface area contributed by atoms with E-state index in [0.717, 1.165) is 38.5 Å². The first-order chi connectivity index (χ1) is 9.16. The van der Waals surface area contributed by atoms with Crippen molar-refractivity contribution in [2.45, 2.75) is 45.1 Å². The Morgan fingerprint density at radius 2 is 2.11 bits per heavy atom. The van der Waals surface area contributed by atoms with Crippen molar-refractivity contribution in [1.82, 2.24) is 15.1 Å². The first-order valence-corrected chi connectivity index (χ1v) is 7.85. The number of nitrogens with one attached hydrogen (secondary N) is 1. The molecule has 1 N–H and O–H groups in total. The van der Waals surface area contributed by atoms with E-state index in [2.05, 4.69) is 24.2 Å². The summed E-state index contributed by atoms with van der Waals surface area (Å²) < 4.78 is 0. The van der Waals surface area contributed by atoms with Gasteiger partial charge < -0.3 is 10.2 Å². The smallest absolute Gasteiger partial charge is 0.236 e. The lowest BCUT2D eigenvalue weighted by Crippen LogP contribution is -2.45. The zero-order valence-electron chi connectivity index (χ0n) is 12.5. The van der Waals surface area contributed by atoms with Gasteiger partial charge in [0.15, 0.2) is 0 Å². The fourth-order valence-corrected chi connectivity index (χ4v) is 3.34. The van der Waals surface area contributed by atoms with Crippen LogP contribution in [0.5, 0.6) is 0 Å². The largest absolute Gasteiger partial charge is 0.340 e. The third-order valence-electron chi connectivity index (χ3n) is 4.61. The lowest BCUT2D eigenvalue weighted by molar-refractivity contribution is -0.132. The molecular formula is C15H29N3O. The van der Waals surface area contributed by atoms with Crippen LogP contribution in [0.4, 0.5) is 0 Å². The summed E-state index contributed by atoms with van der Waals surface area (Å²) in [7, 11) is 2.12. The molecule has 1 aliphatic heterocycles. The summed E-state index contributed by atoms with van der Waals surface area (Å²) in [6.45, 7) is 6.70. The van der Waals surface area contributed by atoms with Crippen molar-refractivity contribution < 1.29 is 4.79 Å². The Kier molecular flexibility index (Phi) is 5.64. The first-order valence-electron chi connectivity index (χ1n) is 7.85. The SMILES string of the molecule is CC1CCCC(N(C)CC(=O)N2CCCNCC2)C1. The molecule has 1 amide bonds. The van der Waals surface area contributed by atoms with Crippen LogP contribution in [0.2, 0.25) is 0 Å². The highest BCUT2D eigenvalue weighted by Gasteiger charge is 2.25. The molecule has 19 heavy (non-hydrogen) atoms. The van der Waals surface area contributed by atoms with E-state index in [1.54, 1.807) is 0 Å². The van der Waals surface area contributed by atoms with E-state index in [4.69, 9.17) is 0 Å². The summed E-state index contributed by atoms with van der Waals surface area (Å²) in [4.78, 5) is 16.7. The van der Waals surface area contributed by atoms with Gasteiger partial charge in [0.25, 0.3) is 0 Å². The summed E-state index contributed by atoms with van der Waals surface area (Å²) in [5.74, 6) is 1.13. The number of carbonyl (C=O) groups is 1. The van der Waals surface area contributed by atoms with Gasteiger partial charge in [0.2, 0.25) is 5.91 Å². The van der Waals surface area contributed by atoms with Crippen molar-refractivity contribution >= 4 is 5.91 Å². The fourth-order valence-electron chi connectivity index (χ4n) is 3.34. The van der Waals surface area contributed by atoms with Gasteiger partial charge in [-0.1, -0.05) is 19.8 Å². The number of nitrogens with zero attached hydrogens (tertiary/aromatic N) is 2. The minimum absolute atomic E-state index is 0.310. The van der Waals surface area contributed by atoms with Crippen molar-refractivity contribution in [2.75, 3.05) is 39.8 Å². The molecule has 1 heterocycles. The molecule has 2 aliphatic rings. The average Bonchev–Trinajstić information content (AvgIpc) is 2.67. The van der Waals surface area contributed by atoms with Gasteiger partial charge in [-0.15, -0.1) is 0 Å². The van der Waals surface area contributed by atoms with Gasteiger partial charge in [0, 0.05) is 25.7 Å². The van der Waals surface area contributed by atoms with Gasteiger partial charge in [-0.05, 0) is 38.8 Å². The van der Waals surface area contributed by atoms with E-state index >= 15 is 0 Å². The van der Waals surface area contributed by atoms with Gasteiger partial charge in [-0.2, -0.15) is 0 Å². The molecule has 4 heteroatoms. The van der Waals surface area contributed by atoms with Crippen LogP contribution >= 0.6 is 0 Å². The Morgan fingerprint density at radius 3 is 2.89 bits per heavy atom. The highest BCUT2D eigenvalue weighted by molar-refractivity contribution is 5.78. The quantitative estimate of drug-likeness (QED) is 0.838. The molecule has 1 saturated carbocycles. The minimum Gasteiger partial charge on any atom is -0.340 e. The molecule has 0 bridgehead atoms. The molecule has 0 spiro atoms. The van der Waals surface area contributed by atoms with E-state index in [1.165, 1.54) is 25.7 Å². The van der Waals surface area contributed by atoms with Crippen LogP contribution in [0.1, 0.15) is 39.0 Å². The Hall–Kier alpha value is -0.610. The molecule has 2 unspecified atom stereocenters. The molecule has 110 valence electrons. The Balaban J connectivity index is 1.80. The molecule has 1 aliphatic carbocycles. The van der Waals surface area contributed by atoms with Crippen LogP contribution in [0.25, 0.3) is 0 Å². The topological polar surface area (TPSA) is 35.6 Å². The third-order valence-corrected chi connectivity index (χ3v) is 4.61. The van der Waals surface area contributed by atoms with Crippen molar-refractivity contribution in [3.05, 3.63) is 0 Å². The van der Waals surface area contributed by atoms with Gasteiger partial charge in [0.05, 0.1) is 6.54 Å². The molecular weight excluding hydrogens is 238 g/mol. The molecule has 2 fully saturated rings. The van der Waals surface area contributed by atoms with Crippen LogP contribution in [-0.4, -0.2) is 61.5 Å². The van der Waals surface area contributed by atoms with Crippen LogP contribution in [0.3, 0.4) is 0 Å². The van der Waals surface area contributed by atoms with Crippen LogP contribution < -0.4 is 5.32 Å². The minimum atomic E-state index is 0.310. The summed E-state index contributed by atoms with van der Waals surface area (Å²) in [5.41, 5.74) is 0. The lowest BCUT2D eigenvalue weighted by atomic mass is 9.86. The zero-order chi connectivity index (χ0) is 13.7. The monoisotopic (exact) mass is 267 g/mol. The van der Waals surface area contributed by atoms with Crippen molar-refractivity contribution in [1.29, 1.82) is 0 Å². The zero-order valence-corrected chi connectivity index (χ0v) is 12.5. The normalized spacial score (nSPS) is 29.3. The summed E-state index contributed by atoms with van der Waals surface area (Å²) in [6, 6.07) is 0.609. The molecule has 2 rings (SSSR count). The molecule has 0 radical (unpaired) electrons. The third kappa shape index (κ3) is 4.46. The number of likely N-dealkylation sites (N-methyl/N-ethyl adjacent to an activating group) is 1. The summed E-state index contributed by atoms with van der Waals surface area (Å²) in [6.07, 6.45) is 6.27. The molecule has 1 saturated heterocycles.